The smallest absolute Gasteiger partial charge is 0.462 e. The molecule has 0 spiro atoms. The number of phosphoric acid groups is 1. The Morgan fingerprint density at radius 2 is 0.679 bits per heavy atom. The first kappa shape index (κ1) is 81.5. The molecule has 84 heavy (non-hydrogen) atoms. The monoisotopic (exact) mass is 1200 g/mol. The van der Waals surface area contributed by atoms with Gasteiger partial charge in [0.15, 0.2) is 6.10 Å². The highest BCUT2D eigenvalue weighted by molar-refractivity contribution is 7.47. The summed E-state index contributed by atoms with van der Waals surface area (Å²) >= 11 is 0. The molecule has 0 bridgehead atoms. The second-order valence-electron chi connectivity index (χ2n) is 25.2. The van der Waals surface area contributed by atoms with Gasteiger partial charge in [0.2, 0.25) is 0 Å². The highest BCUT2D eigenvalue weighted by Crippen LogP contribution is 2.43. The summed E-state index contributed by atoms with van der Waals surface area (Å²) in [5.41, 5.74) is 0. The third kappa shape index (κ3) is 68.6. The van der Waals surface area contributed by atoms with Crippen LogP contribution in [-0.4, -0.2) is 74.9 Å². The molecule has 0 saturated carbocycles. The molecule has 0 saturated heterocycles. The average molecular weight is 1200 g/mol. The van der Waals surface area contributed by atoms with Crippen molar-refractivity contribution >= 4 is 19.8 Å². The SMILES string of the molecule is CC/C=C\C/C=C\C/C=C\C/C=C\C/C=C\CCCCCCCCCCCCCCCCCCCCCCCC(=O)OC(COC(=O)CCCCCCCCCCCCC/C=C\CCCCCCCCCC)COP(=O)(O)OCC[N+](C)(C)C. The molecular formula is C74H137NO8P+. The lowest BCUT2D eigenvalue weighted by molar-refractivity contribution is -0.870. The fourth-order valence-corrected chi connectivity index (χ4v) is 11.0. The first-order valence-corrected chi connectivity index (χ1v) is 37.2. The van der Waals surface area contributed by atoms with E-state index in [-0.39, 0.29) is 25.6 Å². The van der Waals surface area contributed by atoms with Gasteiger partial charge in [-0.3, -0.25) is 18.6 Å². The molecular weight excluding hydrogens is 1060 g/mol. The minimum atomic E-state index is -4.39. The summed E-state index contributed by atoms with van der Waals surface area (Å²) in [7, 11) is 1.49. The molecule has 9 nitrogen and oxygen atoms in total. The van der Waals surface area contributed by atoms with Gasteiger partial charge in [-0.2, -0.15) is 0 Å². The molecule has 0 aromatic rings. The number of hydrogen-bond acceptors (Lipinski definition) is 7. The van der Waals surface area contributed by atoms with E-state index in [1.165, 1.54) is 238 Å². The number of ether oxygens (including phenoxy) is 2. The van der Waals surface area contributed by atoms with Crippen LogP contribution in [-0.2, 0) is 32.7 Å². The summed E-state index contributed by atoms with van der Waals surface area (Å²) in [4.78, 5) is 35.9. The number of carbonyl (C=O) groups is 2. The number of phosphoric ester groups is 1. The molecule has 0 aromatic carbocycles. The van der Waals surface area contributed by atoms with Gasteiger partial charge in [-0.1, -0.05) is 311 Å². The van der Waals surface area contributed by atoms with Gasteiger partial charge in [0.1, 0.15) is 19.8 Å². The first-order valence-electron chi connectivity index (χ1n) is 35.7. The van der Waals surface area contributed by atoms with Crippen LogP contribution in [0.25, 0.3) is 0 Å². The zero-order valence-corrected chi connectivity index (χ0v) is 56.8. The normalized spacial score (nSPS) is 13.5. The number of likely N-dealkylation sites (N-methyl/N-ethyl adjacent to an activating group) is 1. The van der Waals surface area contributed by atoms with Crippen molar-refractivity contribution in [1.29, 1.82) is 0 Å². The summed E-state index contributed by atoms with van der Waals surface area (Å²) in [5, 5.41) is 0. The van der Waals surface area contributed by atoms with Crippen molar-refractivity contribution in [3.8, 4) is 0 Å². The van der Waals surface area contributed by atoms with Crippen LogP contribution in [0.3, 0.4) is 0 Å². The molecule has 1 N–H and O–H groups in total. The lowest BCUT2D eigenvalue weighted by Gasteiger charge is -2.24. The second-order valence-corrected chi connectivity index (χ2v) is 26.7. The van der Waals surface area contributed by atoms with Gasteiger partial charge in [0, 0.05) is 12.8 Å². The molecule has 0 radical (unpaired) electrons. The van der Waals surface area contributed by atoms with Crippen LogP contribution in [0.1, 0.15) is 335 Å². The van der Waals surface area contributed by atoms with Crippen molar-refractivity contribution in [3.05, 3.63) is 72.9 Å². The van der Waals surface area contributed by atoms with Crippen molar-refractivity contribution < 1.29 is 42.1 Å². The predicted molar refractivity (Wildman–Crippen MR) is 363 cm³/mol. The summed E-state index contributed by atoms with van der Waals surface area (Å²) in [5.74, 6) is -0.782. The summed E-state index contributed by atoms with van der Waals surface area (Å²) in [6.07, 6.45) is 87.3. The Morgan fingerprint density at radius 1 is 0.381 bits per heavy atom. The molecule has 2 unspecified atom stereocenters. The third-order valence-electron chi connectivity index (χ3n) is 15.7. The molecule has 0 aromatic heterocycles. The second kappa shape index (κ2) is 64.9. The number of carbonyl (C=O) groups excluding carboxylic acids is 2. The number of hydrogen-bond donors (Lipinski definition) is 1. The van der Waals surface area contributed by atoms with Crippen molar-refractivity contribution in [2.75, 3.05) is 47.5 Å². The average Bonchev–Trinajstić information content (AvgIpc) is 3.61. The molecule has 490 valence electrons. The Kier molecular flexibility index (Phi) is 62.9. The molecule has 0 aliphatic heterocycles. The van der Waals surface area contributed by atoms with Crippen molar-refractivity contribution in [2.45, 2.75) is 341 Å². The molecule has 2 atom stereocenters. The standard InChI is InChI=1S/C74H136NO8P/c1-6-8-10-12-14-16-18-20-22-24-26-28-30-31-32-33-34-35-36-37-38-39-40-41-42-43-45-47-49-51-53-55-57-59-61-63-65-67-74(77)83-72(71-82-84(78,79)81-69-68-75(3,4)5)70-80-73(76)66-64-62-60-58-56-54-52-50-48-46-44-29-27-25-23-21-19-17-15-13-11-9-7-2/h8,10,14,16,20,22,25-28,31-32,72H,6-7,9,11-13,15,17-19,21,23-24,29-30,33-71H2,1-5H3/p+1/b10-8-,16-14-,22-20-,27-25-,28-26-,32-31-. The van der Waals surface area contributed by atoms with Gasteiger partial charge >= 0.3 is 19.8 Å². The molecule has 10 heteroatoms. The maximum absolute atomic E-state index is 12.9. The number of allylic oxidation sites excluding steroid dienone is 12. The quantitative estimate of drug-likeness (QED) is 0.0211. The Balaban J connectivity index is 3.97. The van der Waals surface area contributed by atoms with Gasteiger partial charge in [-0.25, -0.2) is 4.57 Å². The molecule has 0 heterocycles. The lowest BCUT2D eigenvalue weighted by Crippen LogP contribution is -2.37. The largest absolute Gasteiger partial charge is 0.472 e. The number of nitrogens with zero attached hydrogens (tertiary/aromatic N) is 1. The van der Waals surface area contributed by atoms with E-state index < -0.39 is 26.5 Å². The number of esters is 2. The van der Waals surface area contributed by atoms with E-state index in [1.54, 1.807) is 0 Å². The molecule has 0 amide bonds. The van der Waals surface area contributed by atoms with Crippen LogP contribution in [0, 0.1) is 0 Å². The van der Waals surface area contributed by atoms with Crippen molar-refractivity contribution in [1.82, 2.24) is 0 Å². The van der Waals surface area contributed by atoms with Crippen LogP contribution in [0.5, 0.6) is 0 Å². The van der Waals surface area contributed by atoms with E-state index in [0.29, 0.717) is 23.9 Å². The number of unbranched alkanes of at least 4 members (excludes halogenated alkanes) is 40. The Hall–Kier alpha value is -2.55. The summed E-state index contributed by atoms with van der Waals surface area (Å²) in [6, 6.07) is 0. The van der Waals surface area contributed by atoms with Gasteiger partial charge in [-0.05, 0) is 83.5 Å². The topological polar surface area (TPSA) is 108 Å². The highest BCUT2D eigenvalue weighted by atomic mass is 31.2. The van der Waals surface area contributed by atoms with E-state index >= 15 is 0 Å². The Bertz CT molecular complexity index is 1650. The predicted octanol–water partition coefficient (Wildman–Crippen LogP) is 23.2. The lowest BCUT2D eigenvalue weighted by atomic mass is 10.0. The van der Waals surface area contributed by atoms with Gasteiger partial charge in [0.25, 0.3) is 0 Å². The van der Waals surface area contributed by atoms with E-state index in [2.05, 4.69) is 86.8 Å². The third-order valence-corrected chi connectivity index (χ3v) is 16.7. The first-order chi connectivity index (χ1) is 41.0. The number of quaternary nitrogens is 1. The van der Waals surface area contributed by atoms with Gasteiger partial charge in [-0.15, -0.1) is 0 Å². The zero-order chi connectivity index (χ0) is 61.2. The van der Waals surface area contributed by atoms with Crippen LogP contribution >= 0.6 is 7.82 Å². The maximum atomic E-state index is 12.9. The van der Waals surface area contributed by atoms with Gasteiger partial charge in [0.05, 0.1) is 27.7 Å². The summed E-state index contributed by atoms with van der Waals surface area (Å²) < 4.78 is 34.7. The fourth-order valence-electron chi connectivity index (χ4n) is 10.3. The minimum absolute atomic E-state index is 0.0324. The van der Waals surface area contributed by atoms with E-state index in [1.807, 2.05) is 21.1 Å². The van der Waals surface area contributed by atoms with Crippen LogP contribution in [0.15, 0.2) is 72.9 Å². The minimum Gasteiger partial charge on any atom is -0.462 e. The molecule has 0 rings (SSSR count). The van der Waals surface area contributed by atoms with Crippen LogP contribution in [0.4, 0.5) is 0 Å². The maximum Gasteiger partial charge on any atom is 0.472 e. The van der Waals surface area contributed by atoms with E-state index in [9.17, 15) is 19.0 Å². The Morgan fingerprint density at radius 3 is 1.02 bits per heavy atom. The van der Waals surface area contributed by atoms with Crippen LogP contribution < -0.4 is 0 Å². The molecule has 0 aliphatic carbocycles. The number of rotatable bonds is 66. The van der Waals surface area contributed by atoms with E-state index in [0.717, 1.165) is 64.2 Å². The van der Waals surface area contributed by atoms with Crippen LogP contribution in [0.2, 0.25) is 0 Å². The highest BCUT2D eigenvalue weighted by Gasteiger charge is 2.27. The fraction of sp³-hybridized carbons (Fsp3) is 0.811. The van der Waals surface area contributed by atoms with Gasteiger partial charge < -0.3 is 18.9 Å². The Labute approximate surface area is 520 Å². The van der Waals surface area contributed by atoms with E-state index in [4.69, 9.17) is 18.5 Å². The van der Waals surface area contributed by atoms with Crippen molar-refractivity contribution in [3.63, 3.8) is 0 Å². The van der Waals surface area contributed by atoms with Crippen molar-refractivity contribution in [2.24, 2.45) is 0 Å². The molecule has 0 fully saturated rings. The zero-order valence-electron chi connectivity index (χ0n) is 55.9. The summed E-state index contributed by atoms with van der Waals surface area (Å²) in [6.45, 7) is 4.37. The molecule has 0 aliphatic rings.